The van der Waals surface area contributed by atoms with Crippen molar-refractivity contribution >= 4 is 11.6 Å². The Kier molecular flexibility index (Phi) is 3.72. The first-order chi connectivity index (χ1) is 10.8. The van der Waals surface area contributed by atoms with Crippen molar-refractivity contribution in [3.8, 4) is 17.1 Å². The first kappa shape index (κ1) is 14.0. The summed E-state index contributed by atoms with van der Waals surface area (Å²) in [5, 5.41) is 9.23. The minimum atomic E-state index is 0.262. The molecule has 1 unspecified atom stereocenters. The van der Waals surface area contributed by atoms with Crippen LogP contribution in [0.5, 0.6) is 5.88 Å². The van der Waals surface area contributed by atoms with Gasteiger partial charge in [-0.25, -0.2) is 0 Å². The van der Waals surface area contributed by atoms with Gasteiger partial charge in [-0.1, -0.05) is 23.7 Å². The molecular weight excluding hydrogens is 298 g/mol. The Morgan fingerprint density at radius 1 is 1.00 bits per heavy atom. The normalized spacial score (nSPS) is 26.9. The Hall–Kier alpha value is -1.65. The Bertz CT molecular complexity index is 636. The molecule has 2 aromatic rings. The summed E-state index contributed by atoms with van der Waals surface area (Å²) in [6, 6.07) is 11.5. The number of aromatic nitrogens is 2. The van der Waals surface area contributed by atoms with Crippen LogP contribution in [-0.4, -0.2) is 40.8 Å². The van der Waals surface area contributed by atoms with Gasteiger partial charge >= 0.3 is 0 Å². The molecule has 0 saturated carbocycles. The summed E-state index contributed by atoms with van der Waals surface area (Å²) in [6.07, 6.45) is 2.74. The molecule has 1 aromatic carbocycles. The second-order valence-electron chi connectivity index (χ2n) is 6.06. The number of benzene rings is 1. The first-order valence-electron chi connectivity index (χ1n) is 7.76. The summed E-state index contributed by atoms with van der Waals surface area (Å²) in [5.74, 6) is 1.29. The van der Waals surface area contributed by atoms with E-state index in [2.05, 4.69) is 15.1 Å². The molecule has 3 aliphatic heterocycles. The van der Waals surface area contributed by atoms with Crippen molar-refractivity contribution in [2.24, 2.45) is 5.92 Å². The predicted octanol–water partition coefficient (Wildman–Crippen LogP) is 3.27. The van der Waals surface area contributed by atoms with Crippen LogP contribution in [-0.2, 0) is 0 Å². The lowest BCUT2D eigenvalue weighted by molar-refractivity contribution is -0.0103. The van der Waals surface area contributed by atoms with Gasteiger partial charge in [-0.3, -0.25) is 4.90 Å². The van der Waals surface area contributed by atoms with E-state index >= 15 is 0 Å². The van der Waals surface area contributed by atoms with E-state index in [9.17, 15) is 0 Å². The zero-order chi connectivity index (χ0) is 14.9. The van der Waals surface area contributed by atoms with Crippen LogP contribution in [0.1, 0.15) is 12.8 Å². The lowest BCUT2D eigenvalue weighted by Crippen LogP contribution is -2.52. The van der Waals surface area contributed by atoms with Crippen LogP contribution in [0.3, 0.4) is 0 Å². The van der Waals surface area contributed by atoms with Gasteiger partial charge in [0.25, 0.3) is 0 Å². The first-order valence-corrected chi connectivity index (χ1v) is 8.14. The highest BCUT2D eigenvalue weighted by Crippen LogP contribution is 2.30. The van der Waals surface area contributed by atoms with Gasteiger partial charge in [-0.15, -0.1) is 10.2 Å². The van der Waals surface area contributed by atoms with Gasteiger partial charge in [-0.2, -0.15) is 0 Å². The zero-order valence-corrected chi connectivity index (χ0v) is 13.0. The lowest BCUT2D eigenvalue weighted by atomic mass is 9.86. The smallest absolute Gasteiger partial charge is 0.233 e. The third-order valence-electron chi connectivity index (χ3n) is 4.65. The molecule has 1 aromatic heterocycles. The van der Waals surface area contributed by atoms with E-state index in [1.54, 1.807) is 0 Å². The van der Waals surface area contributed by atoms with Gasteiger partial charge in [0.1, 0.15) is 6.10 Å². The third kappa shape index (κ3) is 2.81. The summed E-state index contributed by atoms with van der Waals surface area (Å²) in [4.78, 5) is 2.47. The molecule has 0 amide bonds. The lowest BCUT2D eigenvalue weighted by Gasteiger charge is -2.44. The monoisotopic (exact) mass is 315 g/mol. The molecule has 5 heteroatoms. The fourth-order valence-corrected chi connectivity index (χ4v) is 3.48. The average molecular weight is 316 g/mol. The summed E-state index contributed by atoms with van der Waals surface area (Å²) in [5.41, 5.74) is 1.84. The Morgan fingerprint density at radius 2 is 1.77 bits per heavy atom. The number of piperidine rings is 3. The highest BCUT2D eigenvalue weighted by molar-refractivity contribution is 6.30. The van der Waals surface area contributed by atoms with Crippen LogP contribution in [0.15, 0.2) is 36.4 Å². The van der Waals surface area contributed by atoms with Gasteiger partial charge in [0.15, 0.2) is 0 Å². The van der Waals surface area contributed by atoms with E-state index in [0.29, 0.717) is 11.8 Å². The average Bonchev–Trinajstić information content (AvgIpc) is 2.58. The second kappa shape index (κ2) is 5.86. The Morgan fingerprint density at radius 3 is 2.36 bits per heavy atom. The van der Waals surface area contributed by atoms with Crippen molar-refractivity contribution in [1.29, 1.82) is 0 Å². The maximum Gasteiger partial charge on any atom is 0.233 e. The topological polar surface area (TPSA) is 38.2 Å². The number of halogens is 1. The molecule has 3 aliphatic rings. The quantitative estimate of drug-likeness (QED) is 0.871. The van der Waals surface area contributed by atoms with Gasteiger partial charge in [0.2, 0.25) is 5.88 Å². The van der Waals surface area contributed by atoms with E-state index in [-0.39, 0.29) is 6.10 Å². The molecule has 22 heavy (non-hydrogen) atoms. The van der Waals surface area contributed by atoms with E-state index in [0.717, 1.165) is 22.8 Å². The summed E-state index contributed by atoms with van der Waals surface area (Å²) in [7, 11) is 0. The molecule has 0 N–H and O–H groups in total. The number of hydrogen-bond donors (Lipinski definition) is 0. The van der Waals surface area contributed by atoms with Crippen molar-refractivity contribution in [2.45, 2.75) is 18.9 Å². The molecule has 114 valence electrons. The van der Waals surface area contributed by atoms with Crippen molar-refractivity contribution in [3.63, 3.8) is 0 Å². The van der Waals surface area contributed by atoms with E-state index < -0.39 is 0 Å². The molecule has 3 saturated heterocycles. The summed E-state index contributed by atoms with van der Waals surface area (Å²) >= 11 is 5.90. The maximum absolute atomic E-state index is 6.06. The SMILES string of the molecule is Clc1ccc(-c2ccc(OC3CN4CCC3CC4)nn2)cc1. The van der Waals surface area contributed by atoms with Crippen molar-refractivity contribution < 1.29 is 4.74 Å². The number of rotatable bonds is 3. The fourth-order valence-electron chi connectivity index (χ4n) is 3.36. The minimum Gasteiger partial charge on any atom is -0.472 e. The third-order valence-corrected chi connectivity index (χ3v) is 4.90. The predicted molar refractivity (Wildman–Crippen MR) is 86.1 cm³/mol. The molecule has 0 aliphatic carbocycles. The van der Waals surface area contributed by atoms with Crippen LogP contribution in [0.25, 0.3) is 11.3 Å². The second-order valence-corrected chi connectivity index (χ2v) is 6.49. The van der Waals surface area contributed by atoms with Crippen LogP contribution in [0.4, 0.5) is 0 Å². The van der Waals surface area contributed by atoms with Gasteiger partial charge in [0, 0.05) is 23.2 Å². The molecule has 0 spiro atoms. The van der Waals surface area contributed by atoms with Gasteiger partial charge in [0.05, 0.1) is 5.69 Å². The largest absolute Gasteiger partial charge is 0.472 e. The zero-order valence-electron chi connectivity index (χ0n) is 12.3. The van der Waals surface area contributed by atoms with Crippen molar-refractivity contribution in [2.75, 3.05) is 19.6 Å². The Balaban J connectivity index is 1.46. The van der Waals surface area contributed by atoms with E-state index in [4.69, 9.17) is 16.3 Å². The summed E-state index contributed by atoms with van der Waals surface area (Å²) in [6.45, 7) is 3.45. The maximum atomic E-state index is 6.06. The number of nitrogens with zero attached hydrogens (tertiary/aromatic N) is 3. The summed E-state index contributed by atoms with van der Waals surface area (Å²) < 4.78 is 6.06. The Labute approximate surface area is 135 Å². The van der Waals surface area contributed by atoms with Crippen molar-refractivity contribution in [3.05, 3.63) is 41.4 Å². The van der Waals surface area contributed by atoms with E-state index in [1.807, 2.05) is 36.4 Å². The number of ether oxygens (including phenoxy) is 1. The standard InChI is InChI=1S/C17H18ClN3O/c18-14-3-1-12(2-4-14)15-5-6-17(20-19-15)22-16-11-21-9-7-13(16)8-10-21/h1-6,13,16H,7-11H2. The molecule has 4 heterocycles. The van der Waals surface area contributed by atoms with Crippen LogP contribution >= 0.6 is 11.6 Å². The van der Waals surface area contributed by atoms with Crippen molar-refractivity contribution in [1.82, 2.24) is 15.1 Å². The minimum absolute atomic E-state index is 0.262. The van der Waals surface area contributed by atoms with E-state index in [1.165, 1.54) is 25.9 Å². The number of hydrogen-bond acceptors (Lipinski definition) is 4. The molecule has 4 nitrogen and oxygen atoms in total. The molecule has 2 bridgehead atoms. The molecule has 0 radical (unpaired) electrons. The molecule has 1 atom stereocenters. The molecule has 3 fully saturated rings. The van der Waals surface area contributed by atoms with Crippen LogP contribution in [0.2, 0.25) is 5.02 Å². The number of fused-ring (bicyclic) bond motifs is 3. The molecule has 5 rings (SSSR count). The van der Waals surface area contributed by atoms with Gasteiger partial charge < -0.3 is 4.74 Å². The van der Waals surface area contributed by atoms with Gasteiger partial charge in [-0.05, 0) is 50.0 Å². The molecular formula is C17H18ClN3O. The van der Waals surface area contributed by atoms with Crippen LogP contribution in [0, 0.1) is 5.92 Å². The highest BCUT2D eigenvalue weighted by Gasteiger charge is 2.35. The highest BCUT2D eigenvalue weighted by atomic mass is 35.5. The fraction of sp³-hybridized carbons (Fsp3) is 0.412. The van der Waals surface area contributed by atoms with Crippen LogP contribution < -0.4 is 4.74 Å².